The van der Waals surface area contributed by atoms with E-state index in [0.29, 0.717) is 33.3 Å². The summed E-state index contributed by atoms with van der Waals surface area (Å²) in [5.41, 5.74) is 0.677. The van der Waals surface area contributed by atoms with E-state index in [-0.39, 0.29) is 17.9 Å². The molecule has 3 fully saturated rings. The predicted molar refractivity (Wildman–Crippen MR) is 110 cm³/mol. The fourth-order valence-electron chi connectivity index (χ4n) is 4.22. The molecule has 2 bridgehead atoms. The highest BCUT2D eigenvalue weighted by molar-refractivity contribution is 7.15. The number of hydrogen-bond donors (Lipinski definition) is 2. The monoisotopic (exact) mass is 399 g/mol. The third kappa shape index (κ3) is 4.05. The van der Waals surface area contributed by atoms with Crippen LogP contribution >= 0.6 is 11.3 Å². The molecule has 28 heavy (non-hydrogen) atoms. The molecule has 3 aliphatic heterocycles. The molecule has 5 rings (SSSR count). The number of nitrogens with one attached hydrogen (secondary N) is 2. The Hall–Kier alpha value is -2.38. The van der Waals surface area contributed by atoms with Crippen molar-refractivity contribution < 1.29 is 14.3 Å². The zero-order valence-corrected chi connectivity index (χ0v) is 16.9. The fourth-order valence-corrected chi connectivity index (χ4v) is 5.00. The lowest BCUT2D eigenvalue weighted by Gasteiger charge is -2.49. The zero-order valence-electron chi connectivity index (χ0n) is 16.1. The molecule has 2 amide bonds. The maximum absolute atomic E-state index is 12.8. The second-order valence-electron chi connectivity index (χ2n) is 7.54. The van der Waals surface area contributed by atoms with Crippen molar-refractivity contribution in [3.63, 3.8) is 0 Å². The molecule has 1 aromatic heterocycles. The van der Waals surface area contributed by atoms with Crippen LogP contribution in [0.4, 0.5) is 5.69 Å². The summed E-state index contributed by atoms with van der Waals surface area (Å²) in [5, 5.41) is 6.63. The molecule has 0 saturated carbocycles. The number of nitrogens with zero attached hydrogens (tertiary/aromatic N) is 1. The average molecular weight is 400 g/mol. The average Bonchev–Trinajstić information content (AvgIpc) is 3.13. The van der Waals surface area contributed by atoms with Gasteiger partial charge < -0.3 is 15.4 Å². The minimum Gasteiger partial charge on any atom is -0.447 e. The number of ether oxygens (including phenoxy) is 1. The fraction of sp³-hybridized carbons (Fsp3) is 0.429. The number of hydrogen-bond acceptors (Lipinski definition) is 5. The SMILES string of the molecule is CC(=O)Nc1cccc(Oc2ccc(C(=O)N[C@@H]3C4CCN(CC4)[C@@H]3C)s2)c1. The van der Waals surface area contributed by atoms with Gasteiger partial charge in [0.1, 0.15) is 5.75 Å². The van der Waals surface area contributed by atoms with Crippen molar-refractivity contribution in [3.8, 4) is 10.8 Å². The Kier molecular flexibility index (Phi) is 5.37. The van der Waals surface area contributed by atoms with Crippen LogP contribution in [0.3, 0.4) is 0 Å². The quantitative estimate of drug-likeness (QED) is 0.804. The Labute approximate surface area is 168 Å². The first-order chi connectivity index (χ1) is 13.5. The summed E-state index contributed by atoms with van der Waals surface area (Å²) < 4.78 is 5.87. The first kappa shape index (κ1) is 19.0. The number of anilines is 1. The molecule has 148 valence electrons. The maximum Gasteiger partial charge on any atom is 0.261 e. The van der Waals surface area contributed by atoms with Gasteiger partial charge in [-0.3, -0.25) is 14.5 Å². The van der Waals surface area contributed by atoms with Crippen LogP contribution in [-0.2, 0) is 4.79 Å². The van der Waals surface area contributed by atoms with Crippen LogP contribution in [0, 0.1) is 5.92 Å². The van der Waals surface area contributed by atoms with Crippen molar-refractivity contribution in [1.29, 1.82) is 0 Å². The van der Waals surface area contributed by atoms with Gasteiger partial charge in [-0.1, -0.05) is 17.4 Å². The second kappa shape index (κ2) is 7.93. The molecule has 0 spiro atoms. The summed E-state index contributed by atoms with van der Waals surface area (Å²) in [6.07, 6.45) is 2.33. The number of carbonyl (C=O) groups excluding carboxylic acids is 2. The molecule has 2 aromatic rings. The molecule has 3 saturated heterocycles. The Bertz CT molecular complexity index is 871. The van der Waals surface area contributed by atoms with Gasteiger partial charge in [0.05, 0.1) is 4.88 Å². The third-order valence-electron chi connectivity index (χ3n) is 5.65. The van der Waals surface area contributed by atoms with Crippen molar-refractivity contribution in [2.24, 2.45) is 5.92 Å². The maximum atomic E-state index is 12.8. The van der Waals surface area contributed by atoms with E-state index in [1.165, 1.54) is 31.1 Å². The molecular weight excluding hydrogens is 374 g/mol. The van der Waals surface area contributed by atoms with Crippen molar-refractivity contribution >= 4 is 28.8 Å². The van der Waals surface area contributed by atoms with Crippen LogP contribution in [0.1, 0.15) is 36.4 Å². The van der Waals surface area contributed by atoms with Gasteiger partial charge in [0, 0.05) is 30.8 Å². The highest BCUT2D eigenvalue weighted by atomic mass is 32.1. The molecule has 0 radical (unpaired) electrons. The highest BCUT2D eigenvalue weighted by Crippen LogP contribution is 2.34. The zero-order chi connectivity index (χ0) is 19.7. The van der Waals surface area contributed by atoms with Gasteiger partial charge in [0.2, 0.25) is 5.91 Å². The Morgan fingerprint density at radius 2 is 1.96 bits per heavy atom. The molecule has 0 aliphatic carbocycles. The number of rotatable bonds is 5. The molecule has 1 aromatic carbocycles. The van der Waals surface area contributed by atoms with Crippen molar-refractivity contribution in [2.45, 2.75) is 38.8 Å². The summed E-state index contributed by atoms with van der Waals surface area (Å²) in [5.74, 6) is 1.04. The first-order valence-electron chi connectivity index (χ1n) is 9.70. The van der Waals surface area contributed by atoms with Crippen molar-refractivity contribution in [2.75, 3.05) is 18.4 Å². The van der Waals surface area contributed by atoms with Gasteiger partial charge in [-0.15, -0.1) is 0 Å². The number of piperidine rings is 3. The molecule has 2 N–H and O–H groups in total. The van der Waals surface area contributed by atoms with Crippen LogP contribution in [0.5, 0.6) is 10.8 Å². The third-order valence-corrected chi connectivity index (χ3v) is 6.62. The van der Waals surface area contributed by atoms with Gasteiger partial charge in [-0.2, -0.15) is 0 Å². The Morgan fingerprint density at radius 3 is 2.68 bits per heavy atom. The molecule has 0 unspecified atom stereocenters. The molecule has 7 heteroatoms. The minimum absolute atomic E-state index is 0.0301. The summed E-state index contributed by atoms with van der Waals surface area (Å²) >= 11 is 1.33. The molecule has 3 aliphatic rings. The molecule has 6 nitrogen and oxygen atoms in total. The Morgan fingerprint density at radius 1 is 1.18 bits per heavy atom. The topological polar surface area (TPSA) is 70.7 Å². The lowest BCUT2D eigenvalue weighted by atomic mass is 9.79. The first-order valence-corrected chi connectivity index (χ1v) is 10.5. The van der Waals surface area contributed by atoms with Crippen LogP contribution in [0.2, 0.25) is 0 Å². The number of amides is 2. The van der Waals surface area contributed by atoms with Crippen LogP contribution in [0.25, 0.3) is 0 Å². The van der Waals surface area contributed by atoms with E-state index >= 15 is 0 Å². The van der Waals surface area contributed by atoms with Gasteiger partial charge >= 0.3 is 0 Å². The molecule has 4 heterocycles. The van der Waals surface area contributed by atoms with Gasteiger partial charge in [-0.05, 0) is 63.0 Å². The predicted octanol–water partition coefficient (Wildman–Crippen LogP) is 3.71. The van der Waals surface area contributed by atoms with E-state index in [9.17, 15) is 9.59 Å². The number of carbonyl (C=O) groups is 2. The van der Waals surface area contributed by atoms with E-state index in [0.717, 1.165) is 13.1 Å². The largest absolute Gasteiger partial charge is 0.447 e. The highest BCUT2D eigenvalue weighted by Gasteiger charge is 2.40. The lowest BCUT2D eigenvalue weighted by molar-refractivity contribution is -0.114. The summed E-state index contributed by atoms with van der Waals surface area (Å²) in [4.78, 5) is 27.1. The van der Waals surface area contributed by atoms with Crippen molar-refractivity contribution in [3.05, 3.63) is 41.3 Å². The Balaban J connectivity index is 1.40. The standard InChI is InChI=1S/C21H25N3O3S/c1-13-20(15-8-10-24(13)11-9-15)23-21(26)18-6-7-19(28-18)27-17-5-3-4-16(12-17)22-14(2)25/h3-7,12-13,15,20H,8-11H2,1-2H3,(H,22,25)(H,23,26)/t13-,20+/m1/s1. The lowest BCUT2D eigenvalue weighted by Crippen LogP contribution is -2.62. The van der Waals surface area contributed by atoms with Gasteiger partial charge in [0.15, 0.2) is 5.06 Å². The van der Waals surface area contributed by atoms with E-state index in [4.69, 9.17) is 4.74 Å². The number of thiophene rings is 1. The van der Waals surface area contributed by atoms with Crippen LogP contribution in [-0.4, -0.2) is 41.9 Å². The normalized spacial score (nSPS) is 25.9. The van der Waals surface area contributed by atoms with Gasteiger partial charge in [0.25, 0.3) is 5.91 Å². The molecular formula is C21H25N3O3S. The minimum atomic E-state index is -0.130. The van der Waals surface area contributed by atoms with Crippen LogP contribution < -0.4 is 15.4 Å². The summed E-state index contributed by atoms with van der Waals surface area (Å²) in [6.45, 7) is 5.97. The van der Waals surface area contributed by atoms with Crippen LogP contribution in [0.15, 0.2) is 36.4 Å². The summed E-state index contributed by atoms with van der Waals surface area (Å²) in [7, 11) is 0. The summed E-state index contributed by atoms with van der Waals surface area (Å²) in [6, 6.07) is 11.4. The molecule has 2 atom stereocenters. The number of benzene rings is 1. The second-order valence-corrected chi connectivity index (χ2v) is 8.59. The smallest absolute Gasteiger partial charge is 0.261 e. The van der Waals surface area contributed by atoms with E-state index in [2.05, 4.69) is 22.5 Å². The van der Waals surface area contributed by atoms with Gasteiger partial charge in [-0.25, -0.2) is 0 Å². The van der Waals surface area contributed by atoms with E-state index < -0.39 is 0 Å². The number of fused-ring (bicyclic) bond motifs is 3. The van der Waals surface area contributed by atoms with E-state index in [1.54, 1.807) is 18.2 Å². The van der Waals surface area contributed by atoms with Crippen molar-refractivity contribution in [1.82, 2.24) is 10.2 Å². The van der Waals surface area contributed by atoms with E-state index in [1.807, 2.05) is 18.2 Å².